The van der Waals surface area contributed by atoms with Gasteiger partial charge in [0.05, 0.1) is 13.0 Å². The van der Waals surface area contributed by atoms with Gasteiger partial charge in [0, 0.05) is 11.6 Å². The number of halogens is 2. The summed E-state index contributed by atoms with van der Waals surface area (Å²) in [4.78, 5) is 10.9. The van der Waals surface area contributed by atoms with Gasteiger partial charge in [0.15, 0.2) is 0 Å². The Morgan fingerprint density at radius 1 is 1.44 bits per heavy atom. The summed E-state index contributed by atoms with van der Waals surface area (Å²) >= 11 is 0. The minimum absolute atomic E-state index is 0.0741. The van der Waals surface area contributed by atoms with Crippen molar-refractivity contribution in [2.45, 2.75) is 13.3 Å². The molecule has 0 unspecified atom stereocenters. The summed E-state index contributed by atoms with van der Waals surface area (Å²) < 4.78 is 30.4. The van der Waals surface area contributed by atoms with Crippen molar-refractivity contribution in [2.24, 2.45) is 0 Å². The van der Waals surface area contributed by atoms with Crippen molar-refractivity contribution in [2.75, 3.05) is 6.61 Å². The van der Waals surface area contributed by atoms with Gasteiger partial charge in [0.1, 0.15) is 11.6 Å². The van der Waals surface area contributed by atoms with Gasteiger partial charge in [-0.25, -0.2) is 8.78 Å². The molecule has 0 spiro atoms. The molecule has 86 valence electrons. The van der Waals surface area contributed by atoms with Crippen molar-refractivity contribution < 1.29 is 18.3 Å². The molecule has 1 rings (SSSR count). The smallest absolute Gasteiger partial charge is 0.309 e. The van der Waals surface area contributed by atoms with Gasteiger partial charge >= 0.3 is 5.97 Å². The molecule has 0 radical (unpaired) electrons. The molecule has 0 heterocycles. The molecule has 0 N–H and O–H groups in total. The van der Waals surface area contributed by atoms with Crippen LogP contribution in [0.4, 0.5) is 8.78 Å². The minimum atomic E-state index is -0.653. The average Bonchev–Trinajstić information content (AvgIpc) is 2.22. The number of esters is 1. The Kier molecular flexibility index (Phi) is 4.64. The van der Waals surface area contributed by atoms with Crippen molar-refractivity contribution in [3.63, 3.8) is 0 Å². The molecule has 0 amide bonds. The van der Waals surface area contributed by atoms with E-state index in [1.807, 2.05) is 0 Å². The lowest BCUT2D eigenvalue weighted by atomic mass is 10.2. The van der Waals surface area contributed by atoms with Crippen molar-refractivity contribution in [1.82, 2.24) is 0 Å². The van der Waals surface area contributed by atoms with Gasteiger partial charge in [-0.15, -0.1) is 0 Å². The van der Waals surface area contributed by atoms with Crippen LogP contribution in [-0.2, 0) is 9.53 Å². The van der Waals surface area contributed by atoms with Crippen LogP contribution in [0, 0.1) is 11.6 Å². The number of hydrogen-bond donors (Lipinski definition) is 0. The predicted octanol–water partition coefficient (Wildman–Crippen LogP) is 2.93. The molecular formula is C12H12F2O2. The van der Waals surface area contributed by atoms with Crippen LogP contribution in [0.3, 0.4) is 0 Å². The third-order valence-corrected chi connectivity index (χ3v) is 1.85. The monoisotopic (exact) mass is 226 g/mol. The van der Waals surface area contributed by atoms with Crippen molar-refractivity contribution in [1.29, 1.82) is 0 Å². The highest BCUT2D eigenvalue weighted by atomic mass is 19.1. The van der Waals surface area contributed by atoms with E-state index >= 15 is 0 Å². The highest BCUT2D eigenvalue weighted by molar-refractivity contribution is 5.72. The van der Waals surface area contributed by atoms with Crippen molar-refractivity contribution in [3.8, 4) is 0 Å². The fourth-order valence-corrected chi connectivity index (χ4v) is 1.14. The van der Waals surface area contributed by atoms with E-state index in [0.717, 1.165) is 12.1 Å². The number of hydrogen-bond acceptors (Lipinski definition) is 2. The molecule has 0 saturated heterocycles. The molecule has 0 aliphatic rings. The molecule has 4 heteroatoms. The standard InChI is InChI=1S/C12H12F2O2/c1-2-16-12(15)5-3-4-9-6-7-10(13)8-11(9)14/h3-4,6-8H,2,5H2,1H3. The Labute approximate surface area is 92.5 Å². The van der Waals surface area contributed by atoms with Crippen LogP contribution in [0.1, 0.15) is 18.9 Å². The van der Waals surface area contributed by atoms with E-state index in [0.29, 0.717) is 6.61 Å². The summed E-state index contributed by atoms with van der Waals surface area (Å²) in [7, 11) is 0. The van der Waals surface area contributed by atoms with E-state index in [9.17, 15) is 13.6 Å². The summed E-state index contributed by atoms with van der Waals surface area (Å²) in [6, 6.07) is 3.27. The fourth-order valence-electron chi connectivity index (χ4n) is 1.14. The molecule has 0 aromatic heterocycles. The quantitative estimate of drug-likeness (QED) is 0.738. The van der Waals surface area contributed by atoms with Gasteiger partial charge in [-0.1, -0.05) is 12.2 Å². The van der Waals surface area contributed by atoms with E-state index in [-0.39, 0.29) is 18.0 Å². The molecular weight excluding hydrogens is 214 g/mol. The first-order valence-corrected chi connectivity index (χ1v) is 4.90. The molecule has 1 aromatic rings. The first-order valence-electron chi connectivity index (χ1n) is 4.90. The summed E-state index contributed by atoms with van der Waals surface area (Å²) in [6.45, 7) is 2.03. The summed E-state index contributed by atoms with van der Waals surface area (Å²) in [5, 5.41) is 0. The highest BCUT2D eigenvalue weighted by Crippen LogP contribution is 2.11. The first-order chi connectivity index (χ1) is 7.63. The Bertz CT molecular complexity index is 400. The van der Waals surface area contributed by atoms with E-state index in [4.69, 9.17) is 0 Å². The molecule has 0 aliphatic carbocycles. The van der Waals surface area contributed by atoms with Gasteiger partial charge < -0.3 is 4.74 Å². The van der Waals surface area contributed by atoms with Crippen molar-refractivity contribution in [3.05, 3.63) is 41.5 Å². The first kappa shape index (κ1) is 12.4. The lowest BCUT2D eigenvalue weighted by Crippen LogP contribution is -2.01. The molecule has 2 nitrogen and oxygen atoms in total. The Hall–Kier alpha value is -1.71. The van der Waals surface area contributed by atoms with Crippen LogP contribution in [0.2, 0.25) is 0 Å². The second kappa shape index (κ2) is 6.00. The van der Waals surface area contributed by atoms with E-state index in [1.165, 1.54) is 18.2 Å². The molecule has 0 atom stereocenters. The maximum Gasteiger partial charge on any atom is 0.309 e. The van der Waals surface area contributed by atoms with Gasteiger partial charge in [0.25, 0.3) is 0 Å². The average molecular weight is 226 g/mol. The Morgan fingerprint density at radius 3 is 2.81 bits per heavy atom. The minimum Gasteiger partial charge on any atom is -0.466 e. The Morgan fingerprint density at radius 2 is 2.19 bits per heavy atom. The summed E-state index contributed by atoms with van der Waals surface area (Å²) in [5.41, 5.74) is 0.241. The van der Waals surface area contributed by atoms with Gasteiger partial charge in [-0.3, -0.25) is 4.79 Å². The Balaban J connectivity index is 2.59. The normalized spacial score (nSPS) is 10.7. The zero-order valence-corrected chi connectivity index (χ0v) is 8.87. The lowest BCUT2D eigenvalue weighted by molar-refractivity contribution is -0.142. The van der Waals surface area contributed by atoms with Gasteiger partial charge in [-0.05, 0) is 19.1 Å². The zero-order valence-electron chi connectivity index (χ0n) is 8.87. The maximum absolute atomic E-state index is 13.1. The predicted molar refractivity (Wildman–Crippen MR) is 56.6 cm³/mol. The van der Waals surface area contributed by atoms with Crippen LogP contribution < -0.4 is 0 Å². The number of rotatable bonds is 4. The summed E-state index contributed by atoms with van der Waals surface area (Å²) in [6.07, 6.45) is 2.98. The van der Waals surface area contributed by atoms with Crippen LogP contribution in [0.15, 0.2) is 24.3 Å². The molecule has 0 bridgehead atoms. The van der Waals surface area contributed by atoms with E-state index in [2.05, 4.69) is 4.74 Å². The molecule has 1 aromatic carbocycles. The largest absolute Gasteiger partial charge is 0.466 e. The molecule has 0 saturated carbocycles. The number of carbonyl (C=O) groups excluding carboxylic acids is 1. The topological polar surface area (TPSA) is 26.3 Å². The fraction of sp³-hybridized carbons (Fsp3) is 0.250. The number of benzene rings is 1. The van der Waals surface area contributed by atoms with Crippen LogP contribution in [-0.4, -0.2) is 12.6 Å². The van der Waals surface area contributed by atoms with E-state index in [1.54, 1.807) is 6.92 Å². The van der Waals surface area contributed by atoms with Gasteiger partial charge in [0.2, 0.25) is 0 Å². The third-order valence-electron chi connectivity index (χ3n) is 1.85. The SMILES string of the molecule is CCOC(=O)CC=Cc1ccc(F)cc1F. The van der Waals surface area contributed by atoms with Crippen LogP contribution in [0.5, 0.6) is 0 Å². The molecule has 16 heavy (non-hydrogen) atoms. The molecule has 0 aliphatic heterocycles. The third kappa shape index (κ3) is 3.81. The number of carbonyl (C=O) groups is 1. The van der Waals surface area contributed by atoms with Gasteiger partial charge in [-0.2, -0.15) is 0 Å². The maximum atomic E-state index is 13.1. The summed E-state index contributed by atoms with van der Waals surface area (Å²) in [5.74, 6) is -1.65. The van der Waals surface area contributed by atoms with Crippen molar-refractivity contribution >= 4 is 12.0 Å². The van der Waals surface area contributed by atoms with Crippen LogP contribution in [0.25, 0.3) is 6.08 Å². The highest BCUT2D eigenvalue weighted by Gasteiger charge is 2.01. The second-order valence-corrected chi connectivity index (χ2v) is 3.08. The number of ether oxygens (including phenoxy) is 1. The second-order valence-electron chi connectivity index (χ2n) is 3.08. The zero-order chi connectivity index (χ0) is 12.0. The van der Waals surface area contributed by atoms with E-state index < -0.39 is 11.6 Å². The molecule has 0 fully saturated rings. The lowest BCUT2D eigenvalue weighted by Gasteiger charge is -1.98. The van der Waals surface area contributed by atoms with Crippen LogP contribution >= 0.6 is 0 Å².